The Kier molecular flexibility index (Phi) is 4.97. The Balaban J connectivity index is 2.19. The van der Waals surface area contributed by atoms with Crippen molar-refractivity contribution in [1.29, 1.82) is 0 Å². The molecule has 4 heteroatoms. The van der Waals surface area contributed by atoms with Crippen molar-refractivity contribution < 1.29 is 13.2 Å². The van der Waals surface area contributed by atoms with E-state index < -0.39 is 11.7 Å². The van der Waals surface area contributed by atoms with Crippen molar-refractivity contribution in [3.8, 4) is 0 Å². The molecule has 0 radical (unpaired) electrons. The summed E-state index contributed by atoms with van der Waals surface area (Å²) in [5, 5.41) is 3.36. The van der Waals surface area contributed by atoms with Gasteiger partial charge in [-0.3, -0.25) is 0 Å². The maximum atomic E-state index is 12.8. The summed E-state index contributed by atoms with van der Waals surface area (Å²) < 4.78 is 38.4. The topological polar surface area (TPSA) is 12.0 Å². The lowest BCUT2D eigenvalue weighted by Crippen LogP contribution is -2.43. The van der Waals surface area contributed by atoms with Gasteiger partial charge in [-0.1, -0.05) is 38.0 Å². The number of benzene rings is 1. The first-order chi connectivity index (χ1) is 9.91. The van der Waals surface area contributed by atoms with E-state index in [-0.39, 0.29) is 11.5 Å². The molecule has 2 rings (SSSR count). The van der Waals surface area contributed by atoms with E-state index in [1.54, 1.807) is 6.07 Å². The Morgan fingerprint density at radius 2 is 1.90 bits per heavy atom. The smallest absolute Gasteiger partial charge is 0.316 e. The van der Waals surface area contributed by atoms with Gasteiger partial charge in [0.1, 0.15) is 0 Å². The highest BCUT2D eigenvalue weighted by Crippen LogP contribution is 2.44. The molecule has 0 spiro atoms. The lowest BCUT2D eigenvalue weighted by atomic mass is 9.74. The summed E-state index contributed by atoms with van der Waals surface area (Å²) in [4.78, 5) is 0. The lowest BCUT2D eigenvalue weighted by molar-refractivity contribution is -0.137. The zero-order chi connectivity index (χ0) is 15.5. The zero-order valence-electron chi connectivity index (χ0n) is 12.8. The highest BCUT2D eigenvalue weighted by molar-refractivity contribution is 5.26. The second kappa shape index (κ2) is 6.39. The van der Waals surface area contributed by atoms with Crippen LogP contribution in [0.25, 0.3) is 0 Å². The molecule has 1 saturated carbocycles. The van der Waals surface area contributed by atoms with Gasteiger partial charge >= 0.3 is 6.18 Å². The van der Waals surface area contributed by atoms with Crippen molar-refractivity contribution >= 4 is 0 Å². The SMILES string of the molecule is CCC1(C(Cc2cccc(C(F)(F)F)c2)NC)CCCC1. The van der Waals surface area contributed by atoms with Crippen molar-refractivity contribution in [2.45, 2.75) is 57.7 Å². The van der Waals surface area contributed by atoms with Crippen LogP contribution in [-0.4, -0.2) is 13.1 Å². The molecule has 0 aromatic heterocycles. The molecule has 1 aliphatic rings. The zero-order valence-corrected chi connectivity index (χ0v) is 12.8. The van der Waals surface area contributed by atoms with Gasteiger partial charge in [-0.15, -0.1) is 0 Å². The number of rotatable bonds is 5. The highest BCUT2D eigenvalue weighted by Gasteiger charge is 2.39. The van der Waals surface area contributed by atoms with E-state index >= 15 is 0 Å². The van der Waals surface area contributed by atoms with Crippen LogP contribution < -0.4 is 5.32 Å². The van der Waals surface area contributed by atoms with Crippen LogP contribution in [0, 0.1) is 5.41 Å². The molecular formula is C17H24F3N. The van der Waals surface area contributed by atoms with Crippen LogP contribution in [0.2, 0.25) is 0 Å². The Morgan fingerprint density at radius 1 is 1.24 bits per heavy atom. The molecule has 0 aliphatic heterocycles. The van der Waals surface area contributed by atoms with Gasteiger partial charge in [0.2, 0.25) is 0 Å². The van der Waals surface area contributed by atoms with Crippen LogP contribution in [0.5, 0.6) is 0 Å². The van der Waals surface area contributed by atoms with E-state index in [9.17, 15) is 13.2 Å². The third kappa shape index (κ3) is 3.60. The average Bonchev–Trinajstić information content (AvgIpc) is 2.94. The van der Waals surface area contributed by atoms with E-state index in [0.717, 1.165) is 18.1 Å². The first-order valence-corrected chi connectivity index (χ1v) is 7.75. The summed E-state index contributed by atoms with van der Waals surface area (Å²) in [6.07, 6.45) is 2.29. The first-order valence-electron chi connectivity index (χ1n) is 7.75. The highest BCUT2D eigenvalue weighted by atomic mass is 19.4. The third-order valence-electron chi connectivity index (χ3n) is 5.09. The van der Waals surface area contributed by atoms with Crippen molar-refractivity contribution in [3.05, 3.63) is 35.4 Å². The van der Waals surface area contributed by atoms with E-state index in [4.69, 9.17) is 0 Å². The minimum Gasteiger partial charge on any atom is -0.316 e. The van der Waals surface area contributed by atoms with Crippen LogP contribution >= 0.6 is 0 Å². The normalized spacial score (nSPS) is 19.7. The van der Waals surface area contributed by atoms with E-state index in [1.165, 1.54) is 37.8 Å². The van der Waals surface area contributed by atoms with Crippen molar-refractivity contribution in [2.75, 3.05) is 7.05 Å². The molecule has 1 unspecified atom stereocenters. The minimum atomic E-state index is -4.26. The molecular weight excluding hydrogens is 275 g/mol. The van der Waals surface area contributed by atoms with Gasteiger partial charge < -0.3 is 5.32 Å². The van der Waals surface area contributed by atoms with Gasteiger partial charge in [0.15, 0.2) is 0 Å². The fourth-order valence-corrected chi connectivity index (χ4v) is 3.76. The predicted molar refractivity (Wildman–Crippen MR) is 79.2 cm³/mol. The fourth-order valence-electron chi connectivity index (χ4n) is 3.76. The van der Waals surface area contributed by atoms with E-state index in [0.29, 0.717) is 6.42 Å². The van der Waals surface area contributed by atoms with Gasteiger partial charge in [0, 0.05) is 6.04 Å². The van der Waals surface area contributed by atoms with Gasteiger partial charge in [0.25, 0.3) is 0 Å². The first kappa shape index (κ1) is 16.3. The molecule has 1 aromatic rings. The molecule has 0 bridgehead atoms. The number of likely N-dealkylation sites (N-methyl/N-ethyl adjacent to an activating group) is 1. The molecule has 1 N–H and O–H groups in total. The molecule has 0 heterocycles. The Hall–Kier alpha value is -1.03. The second-order valence-electron chi connectivity index (χ2n) is 6.17. The van der Waals surface area contributed by atoms with E-state index in [2.05, 4.69) is 12.2 Å². The van der Waals surface area contributed by atoms with Gasteiger partial charge in [-0.25, -0.2) is 0 Å². The average molecular weight is 299 g/mol. The largest absolute Gasteiger partial charge is 0.416 e. The van der Waals surface area contributed by atoms with Crippen molar-refractivity contribution in [3.63, 3.8) is 0 Å². The Bertz CT molecular complexity index is 461. The second-order valence-corrected chi connectivity index (χ2v) is 6.17. The maximum absolute atomic E-state index is 12.8. The quantitative estimate of drug-likeness (QED) is 0.823. The van der Waals surface area contributed by atoms with Crippen LogP contribution in [0.1, 0.15) is 50.2 Å². The lowest BCUT2D eigenvalue weighted by Gasteiger charge is -2.37. The molecule has 1 aromatic carbocycles. The maximum Gasteiger partial charge on any atom is 0.416 e. The summed E-state index contributed by atoms with van der Waals surface area (Å²) in [6, 6.07) is 6.00. The van der Waals surface area contributed by atoms with E-state index in [1.807, 2.05) is 7.05 Å². The molecule has 0 saturated heterocycles. The number of nitrogens with one attached hydrogen (secondary N) is 1. The number of alkyl halides is 3. The summed E-state index contributed by atoms with van der Waals surface area (Å²) in [5.41, 5.74) is 0.457. The van der Waals surface area contributed by atoms with Crippen LogP contribution in [0.4, 0.5) is 13.2 Å². The standard InChI is InChI=1S/C17H24F3N/c1-3-16(9-4-5-10-16)15(21-2)12-13-7-6-8-14(11-13)17(18,19)20/h6-8,11,15,21H,3-5,9-10,12H2,1-2H3. The van der Waals surface area contributed by atoms with Crippen molar-refractivity contribution in [2.24, 2.45) is 5.41 Å². The summed E-state index contributed by atoms with van der Waals surface area (Å²) in [7, 11) is 1.92. The molecule has 1 atom stereocenters. The molecule has 118 valence electrons. The summed E-state index contributed by atoms with van der Waals surface area (Å²) >= 11 is 0. The molecule has 21 heavy (non-hydrogen) atoms. The molecule has 1 fully saturated rings. The van der Waals surface area contributed by atoms with Crippen LogP contribution in [0.15, 0.2) is 24.3 Å². The minimum absolute atomic E-state index is 0.239. The Labute approximate surface area is 124 Å². The molecule has 1 aliphatic carbocycles. The van der Waals surface area contributed by atoms with Crippen LogP contribution in [0.3, 0.4) is 0 Å². The molecule has 1 nitrogen and oxygen atoms in total. The number of hydrogen-bond donors (Lipinski definition) is 1. The Morgan fingerprint density at radius 3 is 2.43 bits per heavy atom. The number of hydrogen-bond acceptors (Lipinski definition) is 1. The predicted octanol–water partition coefficient (Wildman–Crippen LogP) is 4.81. The third-order valence-corrected chi connectivity index (χ3v) is 5.09. The monoisotopic (exact) mass is 299 g/mol. The van der Waals surface area contributed by atoms with Gasteiger partial charge in [-0.2, -0.15) is 13.2 Å². The van der Waals surface area contributed by atoms with Crippen LogP contribution in [-0.2, 0) is 12.6 Å². The fraction of sp³-hybridized carbons (Fsp3) is 0.647. The van der Waals surface area contributed by atoms with Gasteiger partial charge in [0.05, 0.1) is 5.56 Å². The van der Waals surface area contributed by atoms with Gasteiger partial charge in [-0.05, 0) is 49.8 Å². The number of halogens is 3. The summed E-state index contributed by atoms with van der Waals surface area (Å²) in [5.74, 6) is 0. The summed E-state index contributed by atoms with van der Waals surface area (Å²) in [6.45, 7) is 2.20. The molecule has 0 amide bonds. The van der Waals surface area contributed by atoms with Crippen molar-refractivity contribution in [1.82, 2.24) is 5.32 Å².